The lowest BCUT2D eigenvalue weighted by Crippen LogP contribution is -2.20. The smallest absolute Gasteiger partial charge is 0.235 e. The van der Waals surface area contributed by atoms with Gasteiger partial charge in [-0.05, 0) is 35.7 Å². The van der Waals surface area contributed by atoms with Crippen LogP contribution in [0, 0.1) is 6.92 Å². The van der Waals surface area contributed by atoms with Crippen LogP contribution in [-0.4, -0.2) is 41.4 Å². The Bertz CT molecular complexity index is 887. The first-order valence-electron chi connectivity index (χ1n) is 7.67. The van der Waals surface area contributed by atoms with Crippen LogP contribution in [0.2, 0.25) is 0 Å². The van der Waals surface area contributed by atoms with Crippen LogP contribution >= 0.6 is 23.1 Å². The van der Waals surface area contributed by atoms with Crippen molar-refractivity contribution < 1.29 is 13.2 Å². The molecule has 1 fully saturated rings. The molecule has 4 heterocycles. The molecule has 2 aliphatic heterocycles. The normalized spacial score (nSPS) is 26.0. The van der Waals surface area contributed by atoms with Gasteiger partial charge in [0.1, 0.15) is 5.82 Å². The summed E-state index contributed by atoms with van der Waals surface area (Å²) in [5.74, 6) is 1.24. The fourth-order valence-electron chi connectivity index (χ4n) is 3.33. The van der Waals surface area contributed by atoms with Gasteiger partial charge in [0, 0.05) is 5.56 Å². The van der Waals surface area contributed by atoms with E-state index in [0.717, 1.165) is 16.8 Å². The van der Waals surface area contributed by atoms with Crippen LogP contribution in [0.4, 0.5) is 5.82 Å². The summed E-state index contributed by atoms with van der Waals surface area (Å²) in [5, 5.41) is 11.7. The SMILES string of the molecule is Cc1nn([C@H]2CCS(=O)(=O)C2)c2c1[C@@H](c1ccsc1)SCC(=O)N2. The van der Waals surface area contributed by atoms with E-state index in [-0.39, 0.29) is 28.7 Å². The largest absolute Gasteiger partial charge is 0.310 e. The van der Waals surface area contributed by atoms with Crippen molar-refractivity contribution in [2.75, 3.05) is 22.6 Å². The van der Waals surface area contributed by atoms with E-state index in [9.17, 15) is 13.2 Å². The Kier molecular flexibility index (Phi) is 3.97. The van der Waals surface area contributed by atoms with E-state index >= 15 is 0 Å². The minimum absolute atomic E-state index is 0.0389. The highest BCUT2D eigenvalue weighted by Gasteiger charge is 2.36. The molecule has 0 unspecified atom stereocenters. The van der Waals surface area contributed by atoms with Gasteiger partial charge in [0.15, 0.2) is 9.84 Å². The molecule has 1 amide bonds. The first-order chi connectivity index (χ1) is 11.4. The number of hydrogen-bond donors (Lipinski definition) is 1. The van der Waals surface area contributed by atoms with Crippen molar-refractivity contribution in [3.8, 4) is 0 Å². The molecule has 24 heavy (non-hydrogen) atoms. The number of carbonyl (C=O) groups is 1. The van der Waals surface area contributed by atoms with Crippen LogP contribution in [-0.2, 0) is 14.6 Å². The quantitative estimate of drug-likeness (QED) is 0.861. The summed E-state index contributed by atoms with van der Waals surface area (Å²) in [4.78, 5) is 12.2. The van der Waals surface area contributed by atoms with Crippen molar-refractivity contribution in [3.05, 3.63) is 33.6 Å². The molecule has 0 aromatic carbocycles. The summed E-state index contributed by atoms with van der Waals surface area (Å²) in [7, 11) is -3.02. The molecule has 0 bridgehead atoms. The number of sulfone groups is 1. The molecule has 1 N–H and O–H groups in total. The lowest BCUT2D eigenvalue weighted by atomic mass is 10.1. The molecule has 6 nitrogen and oxygen atoms in total. The number of anilines is 1. The summed E-state index contributed by atoms with van der Waals surface area (Å²) in [6, 6.07) is 1.86. The van der Waals surface area contributed by atoms with Crippen LogP contribution in [0.3, 0.4) is 0 Å². The zero-order chi connectivity index (χ0) is 16.9. The molecule has 2 aliphatic rings. The summed E-state index contributed by atoms with van der Waals surface area (Å²) in [6.45, 7) is 1.93. The maximum Gasteiger partial charge on any atom is 0.235 e. The average molecular weight is 384 g/mol. The van der Waals surface area contributed by atoms with Crippen molar-refractivity contribution in [1.29, 1.82) is 0 Å². The third-order valence-corrected chi connectivity index (χ3v) is 8.15. The summed E-state index contributed by atoms with van der Waals surface area (Å²) in [6.07, 6.45) is 0.544. The van der Waals surface area contributed by atoms with Gasteiger partial charge < -0.3 is 5.32 Å². The van der Waals surface area contributed by atoms with E-state index < -0.39 is 9.84 Å². The minimum Gasteiger partial charge on any atom is -0.310 e. The van der Waals surface area contributed by atoms with Crippen LogP contribution in [0.15, 0.2) is 16.8 Å². The van der Waals surface area contributed by atoms with Crippen LogP contribution < -0.4 is 5.32 Å². The van der Waals surface area contributed by atoms with Crippen molar-refractivity contribution >= 4 is 44.7 Å². The van der Waals surface area contributed by atoms with Crippen molar-refractivity contribution in [3.63, 3.8) is 0 Å². The molecule has 1 saturated heterocycles. The number of aromatic nitrogens is 2. The predicted molar refractivity (Wildman–Crippen MR) is 96.5 cm³/mol. The van der Waals surface area contributed by atoms with Gasteiger partial charge in [-0.3, -0.25) is 4.79 Å². The van der Waals surface area contributed by atoms with Gasteiger partial charge in [0.2, 0.25) is 5.91 Å². The second-order valence-corrected chi connectivity index (χ2v) is 10.2. The number of nitrogens with one attached hydrogen (secondary N) is 1. The van der Waals surface area contributed by atoms with Gasteiger partial charge >= 0.3 is 0 Å². The lowest BCUT2D eigenvalue weighted by Gasteiger charge is -2.15. The maximum absolute atomic E-state index is 12.2. The second kappa shape index (κ2) is 5.89. The van der Waals surface area contributed by atoms with Gasteiger partial charge in [-0.2, -0.15) is 16.4 Å². The van der Waals surface area contributed by atoms with E-state index in [2.05, 4.69) is 21.9 Å². The van der Waals surface area contributed by atoms with Gasteiger partial charge in [0.25, 0.3) is 0 Å². The van der Waals surface area contributed by atoms with E-state index in [1.807, 2.05) is 12.3 Å². The predicted octanol–water partition coefficient (Wildman–Crippen LogP) is 2.39. The highest BCUT2D eigenvalue weighted by Crippen LogP contribution is 2.45. The molecule has 2 aromatic heterocycles. The molecule has 0 radical (unpaired) electrons. The van der Waals surface area contributed by atoms with Gasteiger partial charge in [-0.25, -0.2) is 13.1 Å². The van der Waals surface area contributed by atoms with Crippen molar-refractivity contribution in [2.45, 2.75) is 24.6 Å². The molecular weight excluding hydrogens is 366 g/mol. The first-order valence-corrected chi connectivity index (χ1v) is 11.5. The fourth-order valence-corrected chi connectivity index (χ4v) is 6.97. The molecule has 128 valence electrons. The standard InChI is InChI=1S/C15H17N3O3S3/c1-9-13-14(10-2-4-22-6-10)23-7-12(19)16-15(13)18(17-9)11-3-5-24(20,21)8-11/h2,4,6,11,14H,3,5,7-8H2,1H3,(H,16,19)/t11-,14+/m0/s1. The van der Waals surface area contributed by atoms with Crippen molar-refractivity contribution in [2.24, 2.45) is 0 Å². The van der Waals surface area contributed by atoms with E-state index in [0.29, 0.717) is 18.0 Å². The highest BCUT2D eigenvalue weighted by atomic mass is 32.2. The Morgan fingerprint density at radius 2 is 2.25 bits per heavy atom. The van der Waals surface area contributed by atoms with E-state index in [4.69, 9.17) is 0 Å². The van der Waals surface area contributed by atoms with Crippen LogP contribution in [0.5, 0.6) is 0 Å². The maximum atomic E-state index is 12.2. The topological polar surface area (TPSA) is 81.1 Å². The number of thiophene rings is 1. The Hall–Kier alpha value is -1.32. The molecular formula is C15H17N3O3S3. The number of rotatable bonds is 2. The summed E-state index contributed by atoms with van der Waals surface area (Å²) < 4.78 is 25.4. The second-order valence-electron chi connectivity index (χ2n) is 6.15. The van der Waals surface area contributed by atoms with Gasteiger partial charge in [-0.1, -0.05) is 0 Å². The lowest BCUT2D eigenvalue weighted by molar-refractivity contribution is -0.113. The number of hydrogen-bond acceptors (Lipinski definition) is 6. The number of amides is 1. The summed E-state index contributed by atoms with van der Waals surface area (Å²) >= 11 is 3.21. The third kappa shape index (κ3) is 2.78. The molecule has 0 aliphatic carbocycles. The van der Waals surface area contributed by atoms with E-state index in [1.54, 1.807) is 27.8 Å². The molecule has 0 saturated carbocycles. The first kappa shape index (κ1) is 16.2. The van der Waals surface area contributed by atoms with Crippen LogP contribution in [0.1, 0.15) is 34.5 Å². The monoisotopic (exact) mass is 383 g/mol. The number of carbonyl (C=O) groups excluding carboxylic acids is 1. The fraction of sp³-hybridized carbons (Fsp3) is 0.467. The Labute approximate surface area is 148 Å². The number of aryl methyl sites for hydroxylation is 1. The average Bonchev–Trinajstić information content (AvgIpc) is 3.20. The Morgan fingerprint density at radius 1 is 1.42 bits per heavy atom. The minimum atomic E-state index is -3.02. The number of nitrogens with zero attached hydrogens (tertiary/aromatic N) is 2. The Morgan fingerprint density at radius 3 is 2.92 bits per heavy atom. The molecule has 9 heteroatoms. The van der Waals surface area contributed by atoms with Crippen molar-refractivity contribution in [1.82, 2.24) is 9.78 Å². The van der Waals surface area contributed by atoms with E-state index in [1.165, 1.54) is 0 Å². The highest BCUT2D eigenvalue weighted by molar-refractivity contribution is 8.00. The molecule has 2 atom stereocenters. The number of fused-ring (bicyclic) bond motifs is 1. The number of thioether (sulfide) groups is 1. The summed E-state index contributed by atoms with van der Waals surface area (Å²) in [5.41, 5.74) is 3.00. The van der Waals surface area contributed by atoms with Crippen LogP contribution in [0.25, 0.3) is 0 Å². The third-order valence-electron chi connectivity index (χ3n) is 4.43. The molecule has 2 aromatic rings. The molecule has 4 rings (SSSR count). The Balaban J connectivity index is 1.82. The van der Waals surface area contributed by atoms with Gasteiger partial charge in [-0.15, -0.1) is 11.8 Å². The zero-order valence-electron chi connectivity index (χ0n) is 13.1. The van der Waals surface area contributed by atoms with Gasteiger partial charge in [0.05, 0.1) is 34.2 Å². The zero-order valence-corrected chi connectivity index (χ0v) is 15.5. The molecule has 0 spiro atoms.